The van der Waals surface area contributed by atoms with Gasteiger partial charge in [0.2, 0.25) is 10.0 Å². The summed E-state index contributed by atoms with van der Waals surface area (Å²) >= 11 is 5.75. The van der Waals surface area contributed by atoms with Gasteiger partial charge in [0.1, 0.15) is 10.6 Å². The molecule has 0 aliphatic carbocycles. The predicted molar refractivity (Wildman–Crippen MR) is 77.2 cm³/mol. The number of halogens is 3. The average molecular weight is 370 g/mol. The van der Waals surface area contributed by atoms with Gasteiger partial charge in [-0.1, -0.05) is 11.6 Å². The molecule has 0 amide bonds. The molecule has 128 valence electrons. The molecule has 2 rings (SSSR count). The number of rotatable bonds is 5. The normalized spacial score (nSPS) is 22.5. The lowest BCUT2D eigenvalue weighted by Gasteiger charge is -2.21. The van der Waals surface area contributed by atoms with Gasteiger partial charge in [-0.3, -0.25) is 4.79 Å². The van der Waals surface area contributed by atoms with Gasteiger partial charge in [0.05, 0.1) is 5.41 Å². The standard InChI is InChI=1S/C13H14ClF2NO5S/c1-13(11(18)19)4-5-17(7-13)23(20,21)10-6-8(14)2-3-9(10)22-12(15)16/h2-3,6,12H,4-5,7H2,1H3,(H,18,19). The van der Waals surface area contributed by atoms with E-state index in [1.807, 2.05) is 0 Å². The van der Waals surface area contributed by atoms with Crippen LogP contribution in [0, 0.1) is 5.41 Å². The van der Waals surface area contributed by atoms with Crippen LogP contribution in [-0.2, 0) is 14.8 Å². The molecule has 0 bridgehead atoms. The number of carboxylic acid groups (broad SMARTS) is 1. The molecule has 10 heteroatoms. The lowest BCUT2D eigenvalue weighted by molar-refractivity contribution is -0.146. The molecule has 1 aliphatic heterocycles. The molecule has 0 spiro atoms. The van der Waals surface area contributed by atoms with Crippen LogP contribution in [0.25, 0.3) is 0 Å². The topological polar surface area (TPSA) is 83.9 Å². The summed E-state index contributed by atoms with van der Waals surface area (Å²) in [5.41, 5.74) is -1.23. The van der Waals surface area contributed by atoms with E-state index in [0.29, 0.717) is 0 Å². The molecule has 0 aromatic heterocycles. The van der Waals surface area contributed by atoms with Gasteiger partial charge < -0.3 is 9.84 Å². The highest BCUT2D eigenvalue weighted by Crippen LogP contribution is 2.37. The van der Waals surface area contributed by atoms with E-state index in [-0.39, 0.29) is 24.5 Å². The van der Waals surface area contributed by atoms with Gasteiger partial charge in [-0.2, -0.15) is 13.1 Å². The number of carboxylic acids is 1. The van der Waals surface area contributed by atoms with Crippen molar-refractivity contribution in [2.45, 2.75) is 24.9 Å². The molecule has 1 aromatic rings. The van der Waals surface area contributed by atoms with E-state index in [4.69, 9.17) is 11.6 Å². The molecule has 0 saturated carbocycles. The van der Waals surface area contributed by atoms with E-state index in [9.17, 15) is 27.1 Å². The van der Waals surface area contributed by atoms with E-state index >= 15 is 0 Å². The minimum Gasteiger partial charge on any atom is -0.481 e. The third-order valence-electron chi connectivity index (χ3n) is 3.69. The minimum absolute atomic E-state index is 0.0328. The first-order valence-corrected chi connectivity index (χ1v) is 8.36. The van der Waals surface area contributed by atoms with Crippen LogP contribution in [0.1, 0.15) is 13.3 Å². The van der Waals surface area contributed by atoms with Crippen LogP contribution in [0.2, 0.25) is 5.02 Å². The smallest absolute Gasteiger partial charge is 0.387 e. The zero-order chi connectivity index (χ0) is 17.4. The predicted octanol–water partition coefficient (Wildman–Crippen LogP) is 2.43. The van der Waals surface area contributed by atoms with Crippen LogP contribution in [0.5, 0.6) is 5.75 Å². The lowest BCUT2D eigenvalue weighted by Crippen LogP contribution is -2.35. The summed E-state index contributed by atoms with van der Waals surface area (Å²) in [5, 5.41) is 9.21. The molecular weight excluding hydrogens is 356 g/mol. The molecule has 6 nitrogen and oxygen atoms in total. The maximum atomic E-state index is 12.6. The van der Waals surface area contributed by atoms with Crippen molar-refractivity contribution in [3.05, 3.63) is 23.2 Å². The average Bonchev–Trinajstić information content (AvgIpc) is 2.85. The number of carbonyl (C=O) groups is 1. The fraction of sp³-hybridized carbons (Fsp3) is 0.462. The number of aliphatic carboxylic acids is 1. The summed E-state index contributed by atoms with van der Waals surface area (Å²) in [5.74, 6) is -1.65. The molecule has 1 atom stereocenters. The molecule has 23 heavy (non-hydrogen) atoms. The van der Waals surface area contributed by atoms with E-state index < -0.39 is 38.7 Å². The van der Waals surface area contributed by atoms with Gasteiger partial charge >= 0.3 is 12.6 Å². The summed E-state index contributed by atoms with van der Waals surface area (Å²) in [7, 11) is -4.21. The second-order valence-corrected chi connectivity index (χ2v) is 7.77. The number of benzene rings is 1. The van der Waals surface area contributed by atoms with Crippen molar-refractivity contribution in [3.63, 3.8) is 0 Å². The van der Waals surface area contributed by atoms with E-state index in [0.717, 1.165) is 16.4 Å². The van der Waals surface area contributed by atoms with Gasteiger partial charge in [-0.05, 0) is 31.5 Å². The molecule has 1 saturated heterocycles. The highest BCUT2D eigenvalue weighted by molar-refractivity contribution is 7.89. The minimum atomic E-state index is -4.21. The monoisotopic (exact) mass is 369 g/mol. The maximum Gasteiger partial charge on any atom is 0.387 e. The quantitative estimate of drug-likeness (QED) is 0.861. The van der Waals surface area contributed by atoms with Crippen molar-refractivity contribution in [2.75, 3.05) is 13.1 Å². The Kier molecular flexibility index (Phi) is 4.84. The third kappa shape index (κ3) is 3.56. The van der Waals surface area contributed by atoms with Crippen molar-refractivity contribution >= 4 is 27.6 Å². The van der Waals surface area contributed by atoms with Crippen LogP contribution in [-0.4, -0.2) is 43.5 Å². The fourth-order valence-electron chi connectivity index (χ4n) is 2.31. The number of hydrogen-bond acceptors (Lipinski definition) is 4. The molecule has 1 fully saturated rings. The first kappa shape index (κ1) is 17.9. The molecule has 1 aromatic carbocycles. The van der Waals surface area contributed by atoms with Crippen molar-refractivity contribution in [1.82, 2.24) is 4.31 Å². The maximum absolute atomic E-state index is 12.6. The number of nitrogens with zero attached hydrogens (tertiary/aromatic N) is 1. The molecule has 1 aliphatic rings. The van der Waals surface area contributed by atoms with E-state index in [1.54, 1.807) is 0 Å². The number of ether oxygens (including phenoxy) is 1. The van der Waals surface area contributed by atoms with Crippen LogP contribution < -0.4 is 4.74 Å². The molecule has 0 radical (unpaired) electrons. The molecule has 1 unspecified atom stereocenters. The van der Waals surface area contributed by atoms with Crippen molar-refractivity contribution in [3.8, 4) is 5.75 Å². The Balaban J connectivity index is 2.41. The van der Waals surface area contributed by atoms with Crippen molar-refractivity contribution in [2.24, 2.45) is 5.41 Å². The molecule has 1 heterocycles. The van der Waals surface area contributed by atoms with Gasteiger partial charge in [0.15, 0.2) is 0 Å². The van der Waals surface area contributed by atoms with Gasteiger partial charge in [0, 0.05) is 18.1 Å². The SMILES string of the molecule is CC1(C(=O)O)CCN(S(=O)(=O)c2cc(Cl)ccc2OC(F)F)C1. The van der Waals surface area contributed by atoms with E-state index in [1.165, 1.54) is 13.0 Å². The zero-order valence-corrected chi connectivity index (χ0v) is 13.6. The van der Waals surface area contributed by atoms with Crippen molar-refractivity contribution in [1.29, 1.82) is 0 Å². The van der Waals surface area contributed by atoms with E-state index in [2.05, 4.69) is 4.74 Å². The third-order valence-corrected chi connectivity index (χ3v) is 5.80. The summed E-state index contributed by atoms with van der Waals surface area (Å²) in [6.45, 7) is -2.07. The van der Waals surface area contributed by atoms with Crippen LogP contribution in [0.3, 0.4) is 0 Å². The van der Waals surface area contributed by atoms with Crippen LogP contribution in [0.4, 0.5) is 8.78 Å². The van der Waals surface area contributed by atoms with Crippen LogP contribution in [0.15, 0.2) is 23.1 Å². The summed E-state index contributed by atoms with van der Waals surface area (Å²) < 4.78 is 55.4. The van der Waals surface area contributed by atoms with Gasteiger partial charge in [0.25, 0.3) is 0 Å². The molecule has 1 N–H and O–H groups in total. The Morgan fingerprint density at radius 3 is 2.65 bits per heavy atom. The zero-order valence-electron chi connectivity index (χ0n) is 12.0. The Hall–Kier alpha value is -1.45. The Labute approximate surface area is 136 Å². The van der Waals surface area contributed by atoms with Crippen molar-refractivity contribution < 1.29 is 31.8 Å². The fourth-order valence-corrected chi connectivity index (χ4v) is 4.26. The Morgan fingerprint density at radius 1 is 1.48 bits per heavy atom. The summed E-state index contributed by atoms with van der Waals surface area (Å²) in [4.78, 5) is 10.7. The number of alkyl halides is 2. The molecular formula is C13H14ClF2NO5S. The second-order valence-electron chi connectivity index (χ2n) is 5.42. The summed E-state index contributed by atoms with van der Waals surface area (Å²) in [6.07, 6.45) is 0.118. The highest BCUT2D eigenvalue weighted by atomic mass is 35.5. The number of sulfonamides is 1. The Morgan fingerprint density at radius 2 is 2.13 bits per heavy atom. The highest BCUT2D eigenvalue weighted by Gasteiger charge is 2.45. The largest absolute Gasteiger partial charge is 0.481 e. The number of hydrogen-bond donors (Lipinski definition) is 1. The first-order valence-electron chi connectivity index (χ1n) is 6.54. The first-order chi connectivity index (χ1) is 10.6. The van der Waals surface area contributed by atoms with Gasteiger partial charge in [-0.25, -0.2) is 8.42 Å². The summed E-state index contributed by atoms with van der Waals surface area (Å²) in [6, 6.07) is 3.27. The second kappa shape index (κ2) is 6.21. The van der Waals surface area contributed by atoms with Crippen LogP contribution >= 0.6 is 11.6 Å². The van der Waals surface area contributed by atoms with Gasteiger partial charge in [-0.15, -0.1) is 0 Å². The lowest BCUT2D eigenvalue weighted by atomic mass is 9.90. The Bertz CT molecular complexity index is 727.